The van der Waals surface area contributed by atoms with Gasteiger partial charge in [-0.2, -0.15) is 4.31 Å². The summed E-state index contributed by atoms with van der Waals surface area (Å²) in [6.07, 6.45) is 1.48. The Kier molecular flexibility index (Phi) is 3.89. The quantitative estimate of drug-likeness (QED) is 0.881. The molecule has 0 bridgehead atoms. The molecule has 100 valence electrons. The number of hydrogen-bond donors (Lipinski definition) is 1. The lowest BCUT2D eigenvalue weighted by molar-refractivity contribution is 0.213. The van der Waals surface area contributed by atoms with Crippen LogP contribution in [-0.4, -0.2) is 44.1 Å². The van der Waals surface area contributed by atoms with E-state index in [9.17, 15) is 13.5 Å². The van der Waals surface area contributed by atoms with Gasteiger partial charge in [-0.05, 0) is 25.0 Å². The molecule has 1 aromatic carbocycles. The number of nitrogens with zero attached hydrogens (tertiary/aromatic N) is 1. The molecule has 1 aliphatic heterocycles. The van der Waals surface area contributed by atoms with E-state index in [4.69, 9.17) is 4.74 Å². The lowest BCUT2D eigenvalue weighted by atomic mass is 10.2. The van der Waals surface area contributed by atoms with Gasteiger partial charge in [-0.25, -0.2) is 8.42 Å². The molecule has 1 atom stereocenters. The lowest BCUT2D eigenvalue weighted by Crippen LogP contribution is -2.37. The van der Waals surface area contributed by atoms with Crippen molar-refractivity contribution in [3.8, 4) is 5.75 Å². The molecule has 18 heavy (non-hydrogen) atoms. The Hall–Kier alpha value is -1.11. The summed E-state index contributed by atoms with van der Waals surface area (Å²) < 4.78 is 31.5. The van der Waals surface area contributed by atoms with Crippen molar-refractivity contribution >= 4 is 10.0 Å². The summed E-state index contributed by atoms with van der Waals surface area (Å²) in [5, 5.41) is 9.24. The second-order valence-corrected chi connectivity index (χ2v) is 6.10. The van der Waals surface area contributed by atoms with E-state index < -0.39 is 10.0 Å². The molecule has 0 amide bonds. The number of aliphatic hydroxyl groups is 1. The zero-order valence-corrected chi connectivity index (χ0v) is 11.1. The molecule has 1 heterocycles. The number of hydrogen-bond acceptors (Lipinski definition) is 4. The van der Waals surface area contributed by atoms with Crippen LogP contribution in [0, 0.1) is 0 Å². The van der Waals surface area contributed by atoms with Crippen LogP contribution >= 0.6 is 0 Å². The molecule has 0 spiro atoms. The summed E-state index contributed by atoms with van der Waals surface area (Å²) in [6, 6.07) is 6.22. The summed E-state index contributed by atoms with van der Waals surface area (Å²) in [7, 11) is -2.15. The lowest BCUT2D eigenvalue weighted by Gasteiger charge is -2.23. The molecule has 1 aromatic rings. The number of rotatable bonds is 4. The highest BCUT2D eigenvalue weighted by molar-refractivity contribution is 7.89. The van der Waals surface area contributed by atoms with Crippen LogP contribution in [0.15, 0.2) is 29.2 Å². The van der Waals surface area contributed by atoms with Crippen LogP contribution in [0.25, 0.3) is 0 Å². The molecule has 1 N–H and O–H groups in total. The Morgan fingerprint density at radius 3 is 2.83 bits per heavy atom. The fraction of sp³-hybridized carbons (Fsp3) is 0.500. The third-order valence-corrected chi connectivity index (χ3v) is 5.18. The van der Waals surface area contributed by atoms with Crippen LogP contribution in [0.5, 0.6) is 5.75 Å². The van der Waals surface area contributed by atoms with Crippen molar-refractivity contribution in [3.63, 3.8) is 0 Å². The highest BCUT2D eigenvalue weighted by atomic mass is 32.2. The zero-order chi connectivity index (χ0) is 13.2. The minimum absolute atomic E-state index is 0.144. The molecule has 1 fully saturated rings. The van der Waals surface area contributed by atoms with Crippen LogP contribution in [0.1, 0.15) is 12.8 Å². The van der Waals surface area contributed by atoms with Gasteiger partial charge in [-0.15, -0.1) is 0 Å². The molecule has 5 nitrogen and oxygen atoms in total. The average Bonchev–Trinajstić information content (AvgIpc) is 2.87. The molecule has 0 aliphatic carbocycles. The molecule has 6 heteroatoms. The van der Waals surface area contributed by atoms with Gasteiger partial charge in [-0.3, -0.25) is 0 Å². The normalized spacial score (nSPS) is 21.1. The molecule has 1 aliphatic rings. The van der Waals surface area contributed by atoms with Crippen molar-refractivity contribution in [3.05, 3.63) is 24.3 Å². The first kappa shape index (κ1) is 13.3. The van der Waals surface area contributed by atoms with Crippen LogP contribution < -0.4 is 4.74 Å². The van der Waals surface area contributed by atoms with Crippen molar-refractivity contribution in [2.45, 2.75) is 23.8 Å². The van der Waals surface area contributed by atoms with Gasteiger partial charge in [0, 0.05) is 12.6 Å². The summed E-state index contributed by atoms with van der Waals surface area (Å²) >= 11 is 0. The summed E-state index contributed by atoms with van der Waals surface area (Å²) in [4.78, 5) is 0.160. The predicted octanol–water partition coefficient (Wildman–Crippen LogP) is 0.841. The van der Waals surface area contributed by atoms with Gasteiger partial charge in [0.05, 0.1) is 13.7 Å². The fourth-order valence-electron chi connectivity index (χ4n) is 2.27. The Labute approximate surface area is 107 Å². The van der Waals surface area contributed by atoms with E-state index in [1.165, 1.54) is 17.5 Å². The van der Waals surface area contributed by atoms with E-state index in [2.05, 4.69) is 0 Å². The number of methoxy groups -OCH3 is 1. The highest BCUT2D eigenvalue weighted by Crippen LogP contribution is 2.30. The Morgan fingerprint density at radius 1 is 1.44 bits per heavy atom. The van der Waals surface area contributed by atoms with E-state index in [-0.39, 0.29) is 17.5 Å². The maximum atomic E-state index is 12.5. The standard InChI is InChI=1S/C12H17NO4S/c1-17-11-6-2-3-7-12(11)18(15,16)13-8-4-5-10(13)9-14/h2-3,6-7,10,14H,4-5,8-9H2,1H3/t10-/m1/s1. The molecule has 0 aromatic heterocycles. The first-order chi connectivity index (χ1) is 8.61. The van der Waals surface area contributed by atoms with E-state index >= 15 is 0 Å². The first-order valence-corrected chi connectivity index (χ1v) is 7.31. The summed E-state index contributed by atoms with van der Waals surface area (Å²) in [5.41, 5.74) is 0. The van der Waals surface area contributed by atoms with Crippen molar-refractivity contribution in [1.82, 2.24) is 4.31 Å². The van der Waals surface area contributed by atoms with Crippen molar-refractivity contribution in [2.75, 3.05) is 20.3 Å². The average molecular weight is 271 g/mol. The Bertz CT molecular complexity index is 515. The van der Waals surface area contributed by atoms with E-state index in [1.807, 2.05) is 0 Å². The van der Waals surface area contributed by atoms with Crippen LogP contribution in [0.2, 0.25) is 0 Å². The first-order valence-electron chi connectivity index (χ1n) is 5.87. The van der Waals surface area contributed by atoms with Gasteiger partial charge in [-0.1, -0.05) is 12.1 Å². The zero-order valence-electron chi connectivity index (χ0n) is 10.2. The maximum absolute atomic E-state index is 12.5. The van der Waals surface area contributed by atoms with E-state index in [0.717, 1.165) is 6.42 Å². The van der Waals surface area contributed by atoms with Crippen LogP contribution in [-0.2, 0) is 10.0 Å². The van der Waals surface area contributed by atoms with Crippen molar-refractivity contribution in [1.29, 1.82) is 0 Å². The minimum atomic E-state index is -3.59. The van der Waals surface area contributed by atoms with Crippen LogP contribution in [0.4, 0.5) is 0 Å². The second-order valence-electron chi connectivity index (χ2n) is 4.25. The molecule has 2 rings (SSSR count). The molecule has 0 radical (unpaired) electrons. The largest absolute Gasteiger partial charge is 0.495 e. The summed E-state index contributed by atoms with van der Waals surface area (Å²) in [5.74, 6) is 0.334. The number of ether oxygens (including phenoxy) is 1. The maximum Gasteiger partial charge on any atom is 0.247 e. The SMILES string of the molecule is COc1ccccc1S(=O)(=O)N1CCC[C@@H]1CO. The van der Waals surface area contributed by atoms with E-state index in [0.29, 0.717) is 18.7 Å². The predicted molar refractivity (Wildman–Crippen MR) is 67.0 cm³/mol. The highest BCUT2D eigenvalue weighted by Gasteiger charge is 2.36. The smallest absolute Gasteiger partial charge is 0.247 e. The topological polar surface area (TPSA) is 66.8 Å². The van der Waals surface area contributed by atoms with Gasteiger partial charge < -0.3 is 9.84 Å². The van der Waals surface area contributed by atoms with Gasteiger partial charge in [0.25, 0.3) is 0 Å². The molecule has 0 unspecified atom stereocenters. The molecule has 1 saturated heterocycles. The summed E-state index contributed by atoms with van der Waals surface area (Å²) in [6.45, 7) is 0.306. The van der Waals surface area contributed by atoms with Gasteiger partial charge in [0.15, 0.2) is 0 Å². The van der Waals surface area contributed by atoms with E-state index in [1.54, 1.807) is 18.2 Å². The second kappa shape index (κ2) is 5.26. The monoisotopic (exact) mass is 271 g/mol. The van der Waals surface area contributed by atoms with Gasteiger partial charge in [0.2, 0.25) is 10.0 Å². The van der Waals surface area contributed by atoms with Crippen molar-refractivity contribution < 1.29 is 18.3 Å². The number of para-hydroxylation sites is 1. The third-order valence-electron chi connectivity index (χ3n) is 3.19. The fourth-order valence-corrected chi connectivity index (χ4v) is 4.11. The number of sulfonamides is 1. The molecular weight excluding hydrogens is 254 g/mol. The molecule has 0 saturated carbocycles. The Morgan fingerprint density at radius 2 is 2.17 bits per heavy atom. The number of benzene rings is 1. The number of aliphatic hydroxyl groups excluding tert-OH is 1. The Balaban J connectivity index is 2.42. The van der Waals surface area contributed by atoms with Gasteiger partial charge in [0.1, 0.15) is 10.6 Å². The van der Waals surface area contributed by atoms with Crippen LogP contribution in [0.3, 0.4) is 0 Å². The van der Waals surface area contributed by atoms with Gasteiger partial charge >= 0.3 is 0 Å². The van der Waals surface area contributed by atoms with Crippen molar-refractivity contribution in [2.24, 2.45) is 0 Å². The minimum Gasteiger partial charge on any atom is -0.495 e. The third kappa shape index (κ3) is 2.23. The molecular formula is C12H17NO4S.